The molecule has 4 nitrogen and oxygen atoms in total. The Bertz CT molecular complexity index is 603. The third-order valence-corrected chi connectivity index (χ3v) is 4.97. The van der Waals surface area contributed by atoms with Gasteiger partial charge in [-0.15, -0.1) is 0 Å². The van der Waals surface area contributed by atoms with Crippen molar-refractivity contribution in [2.75, 3.05) is 19.7 Å². The first kappa shape index (κ1) is 14.8. The highest BCUT2D eigenvalue weighted by Crippen LogP contribution is 2.37. The standard InChI is InChI=1S/C19H23NO3/c1-2-4-17(5-3-1)23-18-12-19(22-15-18)7-9-20(10-8-19)13-16-6-11-21-14-16/h1-6,11,14,18H,7-10,12-13,15H2/t18-/m0/s1. The summed E-state index contributed by atoms with van der Waals surface area (Å²) >= 11 is 0. The van der Waals surface area contributed by atoms with Crippen molar-refractivity contribution in [3.05, 3.63) is 54.5 Å². The van der Waals surface area contributed by atoms with Crippen LogP contribution in [-0.2, 0) is 11.3 Å². The summed E-state index contributed by atoms with van der Waals surface area (Å²) in [4.78, 5) is 2.48. The van der Waals surface area contributed by atoms with Crippen LogP contribution in [0.5, 0.6) is 5.75 Å². The highest BCUT2D eigenvalue weighted by Gasteiger charge is 2.43. The van der Waals surface area contributed by atoms with Gasteiger partial charge in [-0.1, -0.05) is 18.2 Å². The van der Waals surface area contributed by atoms with Gasteiger partial charge in [-0.2, -0.15) is 0 Å². The van der Waals surface area contributed by atoms with E-state index >= 15 is 0 Å². The molecule has 1 aromatic carbocycles. The number of rotatable bonds is 4. The second-order valence-electron chi connectivity index (χ2n) is 6.66. The fraction of sp³-hybridized carbons (Fsp3) is 0.474. The molecule has 23 heavy (non-hydrogen) atoms. The molecule has 3 heterocycles. The zero-order chi connectivity index (χ0) is 15.5. The van der Waals surface area contributed by atoms with Gasteiger partial charge in [0.05, 0.1) is 24.7 Å². The number of piperidine rings is 1. The first-order valence-electron chi connectivity index (χ1n) is 8.40. The number of hydrogen-bond acceptors (Lipinski definition) is 4. The van der Waals surface area contributed by atoms with Gasteiger partial charge in [0, 0.05) is 31.6 Å². The van der Waals surface area contributed by atoms with Crippen LogP contribution in [0.15, 0.2) is 53.3 Å². The van der Waals surface area contributed by atoms with Crippen LogP contribution in [0, 0.1) is 0 Å². The van der Waals surface area contributed by atoms with Crippen LogP contribution in [0.1, 0.15) is 24.8 Å². The Labute approximate surface area is 137 Å². The Balaban J connectivity index is 1.29. The molecule has 0 radical (unpaired) electrons. The lowest BCUT2D eigenvalue weighted by Crippen LogP contribution is -2.44. The quantitative estimate of drug-likeness (QED) is 0.865. The molecule has 2 saturated heterocycles. The summed E-state index contributed by atoms with van der Waals surface area (Å²) in [5.74, 6) is 0.940. The molecule has 0 bridgehead atoms. The van der Waals surface area contributed by atoms with Crippen molar-refractivity contribution in [2.24, 2.45) is 0 Å². The van der Waals surface area contributed by atoms with Crippen LogP contribution in [0.3, 0.4) is 0 Å². The van der Waals surface area contributed by atoms with Crippen LogP contribution < -0.4 is 4.74 Å². The monoisotopic (exact) mass is 313 g/mol. The normalized spacial score (nSPS) is 24.1. The molecule has 1 aromatic heterocycles. The molecule has 1 spiro atoms. The second-order valence-corrected chi connectivity index (χ2v) is 6.66. The van der Waals surface area contributed by atoms with Crippen molar-refractivity contribution >= 4 is 0 Å². The van der Waals surface area contributed by atoms with Gasteiger partial charge in [-0.3, -0.25) is 4.90 Å². The minimum atomic E-state index is 0.0202. The van der Waals surface area contributed by atoms with E-state index in [1.165, 1.54) is 5.56 Å². The molecule has 0 aliphatic carbocycles. The summed E-state index contributed by atoms with van der Waals surface area (Å²) in [6, 6.07) is 12.1. The van der Waals surface area contributed by atoms with Crippen molar-refractivity contribution in [1.29, 1.82) is 0 Å². The zero-order valence-electron chi connectivity index (χ0n) is 13.3. The second kappa shape index (κ2) is 6.38. The third-order valence-electron chi connectivity index (χ3n) is 4.97. The summed E-state index contributed by atoms with van der Waals surface area (Å²) in [6.45, 7) is 3.82. The van der Waals surface area contributed by atoms with E-state index in [4.69, 9.17) is 13.9 Å². The van der Waals surface area contributed by atoms with Gasteiger partial charge >= 0.3 is 0 Å². The Morgan fingerprint density at radius 1 is 1.13 bits per heavy atom. The van der Waals surface area contributed by atoms with E-state index in [1.807, 2.05) is 42.7 Å². The van der Waals surface area contributed by atoms with Crippen LogP contribution in [0.4, 0.5) is 0 Å². The Morgan fingerprint density at radius 3 is 2.70 bits per heavy atom. The van der Waals surface area contributed by atoms with Gasteiger partial charge in [0.15, 0.2) is 0 Å². The fourth-order valence-corrected chi connectivity index (χ4v) is 3.68. The van der Waals surface area contributed by atoms with Crippen LogP contribution >= 0.6 is 0 Å². The summed E-state index contributed by atoms with van der Waals surface area (Å²) < 4.78 is 17.4. The van der Waals surface area contributed by atoms with E-state index in [9.17, 15) is 0 Å². The van der Waals surface area contributed by atoms with Gasteiger partial charge in [0.25, 0.3) is 0 Å². The molecule has 0 N–H and O–H groups in total. The molecule has 0 unspecified atom stereocenters. The Morgan fingerprint density at radius 2 is 1.96 bits per heavy atom. The maximum Gasteiger partial charge on any atom is 0.125 e. The van der Waals surface area contributed by atoms with Crippen molar-refractivity contribution in [1.82, 2.24) is 4.90 Å². The number of likely N-dealkylation sites (tertiary alicyclic amines) is 1. The lowest BCUT2D eigenvalue weighted by Gasteiger charge is -2.38. The number of benzene rings is 1. The van der Waals surface area contributed by atoms with E-state index in [1.54, 1.807) is 6.26 Å². The van der Waals surface area contributed by atoms with E-state index in [0.717, 1.165) is 44.6 Å². The Hall–Kier alpha value is -1.78. The predicted molar refractivity (Wildman–Crippen MR) is 87.4 cm³/mol. The molecule has 122 valence electrons. The van der Waals surface area contributed by atoms with Crippen LogP contribution in [0.2, 0.25) is 0 Å². The molecule has 2 aromatic rings. The van der Waals surface area contributed by atoms with Gasteiger partial charge in [0.2, 0.25) is 0 Å². The van der Waals surface area contributed by atoms with E-state index in [0.29, 0.717) is 6.61 Å². The molecule has 2 aliphatic rings. The molecule has 0 amide bonds. The van der Waals surface area contributed by atoms with E-state index < -0.39 is 0 Å². The zero-order valence-corrected chi connectivity index (χ0v) is 13.3. The highest BCUT2D eigenvalue weighted by molar-refractivity contribution is 5.21. The van der Waals surface area contributed by atoms with Crippen molar-refractivity contribution in [3.63, 3.8) is 0 Å². The number of ether oxygens (including phenoxy) is 2. The number of hydrogen-bond donors (Lipinski definition) is 0. The lowest BCUT2D eigenvalue weighted by molar-refractivity contribution is -0.0454. The average molecular weight is 313 g/mol. The smallest absolute Gasteiger partial charge is 0.125 e. The van der Waals surface area contributed by atoms with E-state index in [-0.39, 0.29) is 11.7 Å². The van der Waals surface area contributed by atoms with Gasteiger partial charge in [-0.25, -0.2) is 0 Å². The summed E-state index contributed by atoms with van der Waals surface area (Å²) in [5.41, 5.74) is 1.27. The molecule has 2 fully saturated rings. The van der Waals surface area contributed by atoms with Crippen molar-refractivity contribution < 1.29 is 13.9 Å². The lowest BCUT2D eigenvalue weighted by atomic mass is 9.88. The van der Waals surface area contributed by atoms with E-state index in [2.05, 4.69) is 4.90 Å². The third kappa shape index (κ3) is 3.43. The maximum absolute atomic E-state index is 6.18. The number of para-hydroxylation sites is 1. The molecular weight excluding hydrogens is 290 g/mol. The molecule has 2 aliphatic heterocycles. The first-order chi connectivity index (χ1) is 11.3. The fourth-order valence-electron chi connectivity index (χ4n) is 3.68. The molecule has 4 heteroatoms. The topological polar surface area (TPSA) is 34.8 Å². The summed E-state index contributed by atoms with van der Waals surface area (Å²) in [5, 5.41) is 0. The molecule has 4 rings (SSSR count). The average Bonchev–Trinajstić information content (AvgIpc) is 3.22. The largest absolute Gasteiger partial charge is 0.488 e. The minimum Gasteiger partial charge on any atom is -0.488 e. The maximum atomic E-state index is 6.18. The summed E-state index contributed by atoms with van der Waals surface area (Å²) in [7, 11) is 0. The Kier molecular flexibility index (Phi) is 4.10. The van der Waals surface area contributed by atoms with Gasteiger partial charge < -0.3 is 13.9 Å². The van der Waals surface area contributed by atoms with Crippen molar-refractivity contribution in [2.45, 2.75) is 37.5 Å². The van der Waals surface area contributed by atoms with Crippen LogP contribution in [0.25, 0.3) is 0 Å². The van der Waals surface area contributed by atoms with Crippen LogP contribution in [-0.4, -0.2) is 36.3 Å². The first-order valence-corrected chi connectivity index (χ1v) is 8.40. The number of nitrogens with zero attached hydrogens (tertiary/aromatic N) is 1. The SMILES string of the molecule is c1ccc(O[C@@H]2COC3(CCN(Cc4ccoc4)CC3)C2)cc1. The van der Waals surface area contributed by atoms with Gasteiger partial charge in [-0.05, 0) is 31.0 Å². The number of furan rings is 1. The molecule has 0 saturated carbocycles. The summed E-state index contributed by atoms with van der Waals surface area (Å²) in [6.07, 6.45) is 6.92. The predicted octanol–water partition coefficient (Wildman–Crippen LogP) is 3.48. The minimum absolute atomic E-state index is 0.0202. The highest BCUT2D eigenvalue weighted by atomic mass is 16.6. The molecular formula is C19H23NO3. The van der Waals surface area contributed by atoms with Gasteiger partial charge in [0.1, 0.15) is 11.9 Å². The molecule has 1 atom stereocenters. The van der Waals surface area contributed by atoms with Crippen molar-refractivity contribution in [3.8, 4) is 5.75 Å².